The lowest BCUT2D eigenvalue weighted by Gasteiger charge is -2.29. The summed E-state index contributed by atoms with van der Waals surface area (Å²) in [5, 5.41) is 0. The number of rotatable bonds is 3. The Hall–Kier alpha value is -2.53. The molecule has 0 N–H and O–H groups in total. The predicted molar refractivity (Wildman–Crippen MR) is 108 cm³/mol. The molecular formula is C22H26N4O. The second-order valence-corrected chi connectivity index (χ2v) is 7.59. The molecule has 1 aliphatic heterocycles. The van der Waals surface area contributed by atoms with Crippen molar-refractivity contribution < 1.29 is 4.74 Å². The smallest absolute Gasteiger partial charge is 0.179 e. The van der Waals surface area contributed by atoms with Crippen LogP contribution in [0.15, 0.2) is 30.5 Å². The van der Waals surface area contributed by atoms with Gasteiger partial charge in [0.25, 0.3) is 0 Å². The molecule has 0 aliphatic carbocycles. The van der Waals surface area contributed by atoms with Crippen molar-refractivity contribution in [3.05, 3.63) is 47.3 Å². The van der Waals surface area contributed by atoms with Crippen molar-refractivity contribution in [3.63, 3.8) is 0 Å². The topological polar surface area (TPSA) is 51.1 Å². The lowest BCUT2D eigenvalue weighted by atomic mass is 9.94. The van der Waals surface area contributed by atoms with Gasteiger partial charge >= 0.3 is 0 Å². The summed E-state index contributed by atoms with van der Waals surface area (Å²) in [6, 6.07) is 8.34. The molecular weight excluding hydrogens is 336 g/mol. The Morgan fingerprint density at radius 1 is 1.15 bits per heavy atom. The van der Waals surface area contributed by atoms with E-state index >= 15 is 0 Å². The highest BCUT2D eigenvalue weighted by Crippen LogP contribution is 2.33. The summed E-state index contributed by atoms with van der Waals surface area (Å²) < 4.78 is 5.61. The molecule has 1 fully saturated rings. The number of pyridine rings is 1. The molecule has 0 spiro atoms. The summed E-state index contributed by atoms with van der Waals surface area (Å²) in [5.41, 5.74) is 6.75. The summed E-state index contributed by atoms with van der Waals surface area (Å²) in [6.45, 7) is 6.37. The molecule has 1 saturated heterocycles. The van der Waals surface area contributed by atoms with Crippen molar-refractivity contribution in [2.24, 2.45) is 0 Å². The van der Waals surface area contributed by atoms with Gasteiger partial charge in [-0.3, -0.25) is 4.98 Å². The van der Waals surface area contributed by atoms with Crippen LogP contribution in [0.2, 0.25) is 0 Å². The van der Waals surface area contributed by atoms with Crippen LogP contribution in [0.1, 0.15) is 35.6 Å². The molecule has 1 aliphatic rings. The Balaban J connectivity index is 1.78. The maximum absolute atomic E-state index is 5.61. The molecule has 0 saturated carbocycles. The number of benzene rings is 1. The summed E-state index contributed by atoms with van der Waals surface area (Å²) in [6.07, 6.45) is 4.21. The second-order valence-electron chi connectivity index (χ2n) is 7.59. The molecule has 3 aromatic rings. The van der Waals surface area contributed by atoms with Gasteiger partial charge in [-0.2, -0.15) is 0 Å². The first-order chi connectivity index (χ1) is 13.0. The van der Waals surface area contributed by atoms with Crippen LogP contribution in [-0.2, 0) is 0 Å². The van der Waals surface area contributed by atoms with Crippen LogP contribution >= 0.6 is 0 Å². The van der Waals surface area contributed by atoms with E-state index in [4.69, 9.17) is 14.7 Å². The van der Waals surface area contributed by atoms with Crippen molar-refractivity contribution in [2.75, 3.05) is 27.2 Å². The molecule has 4 rings (SSSR count). The number of fused-ring (bicyclic) bond motifs is 1. The number of nitrogens with zero attached hydrogens (tertiary/aromatic N) is 4. The highest BCUT2D eigenvalue weighted by Gasteiger charge is 2.21. The number of hydrogen-bond donors (Lipinski definition) is 0. The standard InChI is InChI=1S/C22H26N4O/c1-14-10-15(2)21(20(11-14)27-4)19-12-23-18-8-7-17(24-22(18)25-19)16-6-5-9-26(3)13-16/h7-8,10-12,16H,5-6,9,13H2,1-4H3. The minimum Gasteiger partial charge on any atom is -0.496 e. The Kier molecular flexibility index (Phi) is 4.79. The van der Waals surface area contributed by atoms with Crippen molar-refractivity contribution in [2.45, 2.75) is 32.6 Å². The second kappa shape index (κ2) is 7.24. The largest absolute Gasteiger partial charge is 0.496 e. The zero-order valence-electron chi connectivity index (χ0n) is 16.5. The number of methoxy groups -OCH3 is 1. The maximum atomic E-state index is 5.61. The van der Waals surface area contributed by atoms with Crippen molar-refractivity contribution in [1.29, 1.82) is 0 Å². The minimum absolute atomic E-state index is 0.467. The molecule has 1 atom stereocenters. The zero-order valence-corrected chi connectivity index (χ0v) is 16.5. The number of hydrogen-bond acceptors (Lipinski definition) is 5. The van der Waals surface area contributed by atoms with Gasteiger partial charge in [0.2, 0.25) is 0 Å². The molecule has 0 amide bonds. The summed E-state index contributed by atoms with van der Waals surface area (Å²) >= 11 is 0. The highest BCUT2D eigenvalue weighted by atomic mass is 16.5. The quantitative estimate of drug-likeness (QED) is 0.701. The molecule has 27 heavy (non-hydrogen) atoms. The van der Waals surface area contributed by atoms with Crippen LogP contribution < -0.4 is 4.74 Å². The summed E-state index contributed by atoms with van der Waals surface area (Å²) in [5.74, 6) is 1.29. The average molecular weight is 362 g/mol. The fraction of sp³-hybridized carbons (Fsp3) is 0.409. The number of ether oxygens (including phenoxy) is 1. The molecule has 5 heteroatoms. The SMILES string of the molecule is COc1cc(C)cc(C)c1-c1cnc2ccc(C3CCCN(C)C3)nc2n1. The Bertz CT molecular complexity index is 985. The third kappa shape index (κ3) is 3.52. The van der Waals surface area contributed by atoms with E-state index in [-0.39, 0.29) is 0 Å². The number of piperidine rings is 1. The number of likely N-dealkylation sites (tertiary alicyclic amines) is 1. The Morgan fingerprint density at radius 3 is 2.78 bits per heavy atom. The Labute approximate surface area is 160 Å². The fourth-order valence-corrected chi connectivity index (χ4v) is 4.09. The average Bonchev–Trinajstić information content (AvgIpc) is 2.66. The third-order valence-electron chi connectivity index (χ3n) is 5.39. The zero-order chi connectivity index (χ0) is 19.0. The van der Waals surface area contributed by atoms with Crippen molar-refractivity contribution >= 4 is 11.2 Å². The van der Waals surface area contributed by atoms with E-state index in [0.29, 0.717) is 11.6 Å². The van der Waals surface area contributed by atoms with Gasteiger partial charge in [0.15, 0.2) is 5.65 Å². The monoisotopic (exact) mass is 362 g/mol. The van der Waals surface area contributed by atoms with Crippen LogP contribution in [0.5, 0.6) is 5.75 Å². The van der Waals surface area contributed by atoms with E-state index in [0.717, 1.165) is 40.3 Å². The van der Waals surface area contributed by atoms with E-state index in [1.54, 1.807) is 7.11 Å². The van der Waals surface area contributed by atoms with Gasteiger partial charge < -0.3 is 9.64 Å². The van der Waals surface area contributed by atoms with Crippen LogP contribution in [0.25, 0.3) is 22.4 Å². The van der Waals surface area contributed by atoms with E-state index < -0.39 is 0 Å². The molecule has 5 nitrogen and oxygen atoms in total. The van der Waals surface area contributed by atoms with Crippen molar-refractivity contribution in [1.82, 2.24) is 19.9 Å². The lowest BCUT2D eigenvalue weighted by molar-refractivity contribution is 0.248. The number of aromatic nitrogens is 3. The Morgan fingerprint density at radius 2 is 2.00 bits per heavy atom. The van der Waals surface area contributed by atoms with Gasteiger partial charge in [0, 0.05) is 23.7 Å². The van der Waals surface area contributed by atoms with Crippen molar-refractivity contribution in [3.8, 4) is 17.0 Å². The van der Waals surface area contributed by atoms with Gasteiger partial charge in [-0.15, -0.1) is 0 Å². The van der Waals surface area contributed by atoms with Gasteiger partial charge in [-0.1, -0.05) is 6.07 Å². The van der Waals surface area contributed by atoms with Crippen LogP contribution in [0.3, 0.4) is 0 Å². The predicted octanol–water partition coefficient (Wildman–Crippen LogP) is 4.13. The fourth-order valence-electron chi connectivity index (χ4n) is 4.09. The molecule has 140 valence electrons. The van der Waals surface area contributed by atoms with Gasteiger partial charge in [0.1, 0.15) is 11.3 Å². The summed E-state index contributed by atoms with van der Waals surface area (Å²) in [4.78, 5) is 16.7. The first-order valence-corrected chi connectivity index (χ1v) is 9.53. The van der Waals surface area contributed by atoms with Gasteiger partial charge in [0.05, 0.1) is 19.0 Å². The van der Waals surface area contributed by atoms with Crippen LogP contribution in [0.4, 0.5) is 0 Å². The molecule has 0 radical (unpaired) electrons. The minimum atomic E-state index is 0.467. The first kappa shape index (κ1) is 17.9. The van der Waals surface area contributed by atoms with E-state index in [9.17, 15) is 0 Å². The van der Waals surface area contributed by atoms with Crippen LogP contribution in [-0.4, -0.2) is 47.1 Å². The van der Waals surface area contributed by atoms with Gasteiger partial charge in [-0.05, 0) is 69.6 Å². The molecule has 2 aromatic heterocycles. The first-order valence-electron chi connectivity index (χ1n) is 9.53. The molecule has 3 heterocycles. The molecule has 1 unspecified atom stereocenters. The van der Waals surface area contributed by atoms with Crippen LogP contribution in [0, 0.1) is 13.8 Å². The number of aryl methyl sites for hydroxylation is 2. The molecule has 1 aromatic carbocycles. The lowest BCUT2D eigenvalue weighted by Crippen LogP contribution is -2.31. The highest BCUT2D eigenvalue weighted by molar-refractivity contribution is 5.77. The third-order valence-corrected chi connectivity index (χ3v) is 5.39. The van der Waals surface area contributed by atoms with E-state index in [2.05, 4.69) is 42.9 Å². The normalized spacial score (nSPS) is 18.0. The van der Waals surface area contributed by atoms with Gasteiger partial charge in [-0.25, -0.2) is 9.97 Å². The maximum Gasteiger partial charge on any atom is 0.179 e. The molecule has 0 bridgehead atoms. The summed E-state index contributed by atoms with van der Waals surface area (Å²) in [7, 11) is 3.87. The van der Waals surface area contributed by atoms with E-state index in [1.807, 2.05) is 18.3 Å². The van der Waals surface area contributed by atoms with E-state index in [1.165, 1.54) is 24.9 Å². The number of likely N-dealkylation sites (N-methyl/N-ethyl adjacent to an activating group) is 1.